The summed E-state index contributed by atoms with van der Waals surface area (Å²) in [5, 5.41) is 9.26. The van der Waals surface area contributed by atoms with Gasteiger partial charge in [0.15, 0.2) is 9.84 Å². The van der Waals surface area contributed by atoms with Crippen LogP contribution >= 0.6 is 11.6 Å². The maximum Gasteiger partial charge on any atom is 0.417 e. The molecule has 0 spiro atoms. The summed E-state index contributed by atoms with van der Waals surface area (Å²) in [4.78, 5) is 8.46. The molecule has 1 unspecified atom stereocenters. The van der Waals surface area contributed by atoms with Crippen LogP contribution < -0.4 is 0 Å². The van der Waals surface area contributed by atoms with Crippen LogP contribution in [0.4, 0.5) is 18.9 Å². The van der Waals surface area contributed by atoms with Crippen LogP contribution in [0.3, 0.4) is 0 Å². The highest BCUT2D eigenvalue weighted by atomic mass is 35.5. The van der Waals surface area contributed by atoms with Crippen LogP contribution in [-0.2, 0) is 16.0 Å². The van der Waals surface area contributed by atoms with E-state index < -0.39 is 48.2 Å². The summed E-state index contributed by atoms with van der Waals surface area (Å²) in [6.07, 6.45) is -5.03. The van der Waals surface area contributed by atoms with E-state index in [2.05, 4.69) is 0 Å². The number of alkyl halides is 4. The van der Waals surface area contributed by atoms with Crippen molar-refractivity contribution in [3.63, 3.8) is 0 Å². The molecule has 0 radical (unpaired) electrons. The van der Waals surface area contributed by atoms with Gasteiger partial charge in [-0.25, -0.2) is 8.42 Å². The van der Waals surface area contributed by atoms with Crippen molar-refractivity contribution in [3.8, 4) is 0 Å². The van der Waals surface area contributed by atoms with E-state index in [1.807, 2.05) is 0 Å². The zero-order valence-corrected chi connectivity index (χ0v) is 11.6. The third-order valence-electron chi connectivity index (χ3n) is 2.53. The molecule has 0 fully saturated rings. The molecule has 10 heteroatoms. The summed E-state index contributed by atoms with van der Waals surface area (Å²) in [5.41, 5.74) is -2.40. The molecule has 1 aromatic carbocycles. The van der Waals surface area contributed by atoms with Gasteiger partial charge in [0.1, 0.15) is 0 Å². The molecule has 1 atom stereocenters. The zero-order valence-electron chi connectivity index (χ0n) is 10.0. The molecule has 20 heavy (non-hydrogen) atoms. The number of hydrogen-bond donors (Lipinski definition) is 0. The van der Waals surface area contributed by atoms with Gasteiger partial charge in [-0.3, -0.25) is 10.1 Å². The van der Waals surface area contributed by atoms with Crippen LogP contribution in [0.5, 0.6) is 0 Å². The van der Waals surface area contributed by atoms with Crippen molar-refractivity contribution in [2.45, 2.75) is 23.2 Å². The number of sulfone groups is 1. The van der Waals surface area contributed by atoms with Crippen molar-refractivity contribution in [1.82, 2.24) is 0 Å². The maximum atomic E-state index is 12.9. The van der Waals surface area contributed by atoms with Gasteiger partial charge in [-0.15, -0.1) is 11.6 Å². The van der Waals surface area contributed by atoms with Crippen molar-refractivity contribution in [2.75, 3.05) is 5.88 Å². The van der Waals surface area contributed by atoms with Gasteiger partial charge in [0, 0.05) is 18.0 Å². The van der Waals surface area contributed by atoms with Crippen molar-refractivity contribution >= 4 is 27.1 Å². The molecule has 5 nitrogen and oxygen atoms in total. The van der Waals surface area contributed by atoms with Gasteiger partial charge in [-0.2, -0.15) is 13.2 Å². The van der Waals surface area contributed by atoms with Crippen LogP contribution in [0.1, 0.15) is 12.5 Å². The summed E-state index contributed by atoms with van der Waals surface area (Å²) in [7, 11) is -4.32. The number of nitrogens with zero attached hydrogens (tertiary/aromatic N) is 1. The molecule has 1 aromatic rings. The van der Waals surface area contributed by atoms with Crippen LogP contribution in [0.15, 0.2) is 23.1 Å². The van der Waals surface area contributed by atoms with Gasteiger partial charge in [-0.1, -0.05) is 0 Å². The minimum absolute atomic E-state index is 0.202. The Kier molecular flexibility index (Phi) is 4.65. The highest BCUT2D eigenvalue weighted by molar-refractivity contribution is 7.92. The molecular weight excluding hydrogens is 323 g/mol. The molecule has 0 aliphatic heterocycles. The Bertz CT molecular complexity index is 630. The quantitative estimate of drug-likeness (QED) is 0.482. The number of benzene rings is 1. The molecule has 0 aliphatic rings. The molecule has 0 aliphatic carbocycles. The smallest absolute Gasteiger partial charge is 0.258 e. The summed E-state index contributed by atoms with van der Waals surface area (Å²) in [6, 6.07) is 1.50. The van der Waals surface area contributed by atoms with E-state index >= 15 is 0 Å². The molecule has 0 heterocycles. The van der Waals surface area contributed by atoms with Crippen LogP contribution in [-0.4, -0.2) is 24.5 Å². The summed E-state index contributed by atoms with van der Waals surface area (Å²) in [6.45, 7) is 1.16. The number of non-ortho nitro benzene ring substituents is 1. The average molecular weight is 332 g/mol. The number of nitro benzene ring substituents is 1. The fraction of sp³-hybridized carbons (Fsp3) is 0.400. The molecule has 0 N–H and O–H groups in total. The van der Waals surface area contributed by atoms with E-state index in [0.29, 0.717) is 12.1 Å². The lowest BCUT2D eigenvalue weighted by atomic mass is 10.2. The van der Waals surface area contributed by atoms with Crippen molar-refractivity contribution in [2.24, 2.45) is 0 Å². The zero-order chi connectivity index (χ0) is 15.7. The first-order valence-electron chi connectivity index (χ1n) is 5.17. The highest BCUT2D eigenvalue weighted by Crippen LogP contribution is 2.37. The predicted molar refractivity (Wildman–Crippen MR) is 65.5 cm³/mol. The summed E-state index contributed by atoms with van der Waals surface area (Å²) in [5.74, 6) is -0.392. The van der Waals surface area contributed by atoms with Gasteiger partial charge >= 0.3 is 6.18 Å². The lowest BCUT2D eigenvalue weighted by Gasteiger charge is -2.15. The van der Waals surface area contributed by atoms with Crippen molar-refractivity contribution in [1.29, 1.82) is 0 Å². The van der Waals surface area contributed by atoms with E-state index in [4.69, 9.17) is 11.6 Å². The number of halogens is 4. The van der Waals surface area contributed by atoms with Crippen LogP contribution in [0, 0.1) is 10.1 Å². The molecular formula is C10H9ClF3NO4S. The highest BCUT2D eigenvalue weighted by Gasteiger charge is 2.40. The maximum absolute atomic E-state index is 12.9. The van der Waals surface area contributed by atoms with Gasteiger partial charge < -0.3 is 0 Å². The minimum Gasteiger partial charge on any atom is -0.258 e. The normalized spacial score (nSPS) is 14.1. The topological polar surface area (TPSA) is 77.3 Å². The van der Waals surface area contributed by atoms with Gasteiger partial charge in [0.25, 0.3) is 5.69 Å². The van der Waals surface area contributed by atoms with Crippen molar-refractivity contribution in [3.05, 3.63) is 33.9 Å². The second-order valence-corrected chi connectivity index (χ2v) is 6.59. The first-order valence-corrected chi connectivity index (χ1v) is 7.25. The van der Waals surface area contributed by atoms with E-state index in [0.717, 1.165) is 6.92 Å². The Balaban J connectivity index is 3.60. The van der Waals surface area contributed by atoms with Crippen LogP contribution in [0.25, 0.3) is 0 Å². The number of hydrogen-bond acceptors (Lipinski definition) is 4. The van der Waals surface area contributed by atoms with Gasteiger partial charge in [0.2, 0.25) is 0 Å². The third-order valence-corrected chi connectivity index (χ3v) is 5.37. The van der Waals surface area contributed by atoms with Crippen LogP contribution in [0.2, 0.25) is 0 Å². The average Bonchev–Trinajstić information content (AvgIpc) is 2.35. The van der Waals surface area contributed by atoms with Gasteiger partial charge in [-0.05, 0) is 13.0 Å². The third kappa shape index (κ3) is 3.21. The van der Waals surface area contributed by atoms with E-state index in [9.17, 15) is 31.7 Å². The molecule has 0 saturated carbocycles. The standard InChI is InChI=1S/C10H9ClF3NO4S/c1-6(5-11)20(18,19)9-3-2-7(15(16)17)4-8(9)10(12,13)14/h2-4,6H,5H2,1H3. The molecule has 0 bridgehead atoms. The van der Waals surface area contributed by atoms with Crippen molar-refractivity contribution < 1.29 is 26.5 Å². The fourth-order valence-corrected chi connectivity index (χ4v) is 3.24. The number of nitro groups is 1. The monoisotopic (exact) mass is 331 g/mol. The minimum atomic E-state index is -5.03. The van der Waals surface area contributed by atoms with E-state index in [1.165, 1.54) is 0 Å². The van der Waals surface area contributed by atoms with Gasteiger partial charge in [0.05, 0.1) is 20.6 Å². The SMILES string of the molecule is CC(CCl)S(=O)(=O)c1ccc([N+](=O)[O-])cc1C(F)(F)F. The second-order valence-electron chi connectivity index (χ2n) is 3.95. The molecule has 0 amide bonds. The first-order chi connectivity index (χ1) is 9.01. The summed E-state index contributed by atoms with van der Waals surface area (Å²) >= 11 is 5.37. The predicted octanol–water partition coefficient (Wildman–Crippen LogP) is 3.01. The Labute approximate surface area is 117 Å². The summed E-state index contributed by atoms with van der Waals surface area (Å²) < 4.78 is 62.5. The largest absolute Gasteiger partial charge is 0.417 e. The Morgan fingerprint density at radius 1 is 1.40 bits per heavy atom. The Morgan fingerprint density at radius 3 is 2.35 bits per heavy atom. The van der Waals surface area contributed by atoms with E-state index in [1.54, 1.807) is 0 Å². The fourth-order valence-electron chi connectivity index (χ4n) is 1.40. The molecule has 112 valence electrons. The Hall–Kier alpha value is -1.35. The first kappa shape index (κ1) is 16.7. The Morgan fingerprint density at radius 2 is 1.95 bits per heavy atom. The molecule has 1 rings (SSSR count). The lowest BCUT2D eigenvalue weighted by molar-refractivity contribution is -0.385. The molecule has 0 saturated heterocycles. The molecule has 0 aromatic heterocycles. The second kappa shape index (κ2) is 5.57. The van der Waals surface area contributed by atoms with E-state index in [-0.39, 0.29) is 6.07 Å². The lowest BCUT2D eigenvalue weighted by Crippen LogP contribution is -2.23. The number of rotatable bonds is 4.